The van der Waals surface area contributed by atoms with Gasteiger partial charge >= 0.3 is 0 Å². The van der Waals surface area contributed by atoms with Crippen LogP contribution in [-0.2, 0) is 25.5 Å². The van der Waals surface area contributed by atoms with E-state index in [0.29, 0.717) is 5.92 Å². The smallest absolute Gasteiger partial charge is 0.0799 e. The van der Waals surface area contributed by atoms with Gasteiger partial charge < -0.3 is 9.55 Å². The molecule has 5 heteroatoms. The van der Waals surface area contributed by atoms with Crippen molar-refractivity contribution in [1.29, 1.82) is 0 Å². The summed E-state index contributed by atoms with van der Waals surface area (Å²) in [6.07, 6.45) is 3.15. The third kappa shape index (κ3) is 7.65. The molecule has 0 bridgehead atoms. The Morgan fingerprint density at radius 2 is 1.39 bits per heavy atom. The average molecular weight is 936 g/mol. The molecule has 1 atom stereocenters. The van der Waals surface area contributed by atoms with Gasteiger partial charge in [-0.25, -0.2) is 0 Å². The average Bonchev–Trinajstić information content (AvgIpc) is 3.74. The molecule has 0 spiro atoms. The molecule has 57 heavy (non-hydrogen) atoms. The van der Waals surface area contributed by atoms with E-state index < -0.39 is 8.07 Å². The van der Waals surface area contributed by atoms with E-state index >= 15 is 0 Å². The number of nitrogens with zero attached hydrogens (tertiary/aromatic N) is 3. The van der Waals surface area contributed by atoms with Crippen LogP contribution in [0.1, 0.15) is 56.7 Å². The first kappa shape index (κ1) is 40.0. The topological polar surface area (TPSA) is 30.7 Å². The summed E-state index contributed by atoms with van der Waals surface area (Å²) in [7, 11) is -1.34. The number of hydrogen-bond acceptors (Lipinski definition) is 2. The third-order valence-electron chi connectivity index (χ3n) is 11.4. The zero-order chi connectivity index (χ0) is 39.0. The Morgan fingerprint density at radius 3 is 2.09 bits per heavy atom. The van der Waals surface area contributed by atoms with Gasteiger partial charge in [-0.2, -0.15) is 0 Å². The van der Waals surface area contributed by atoms with Crippen molar-refractivity contribution in [2.45, 2.75) is 65.1 Å². The minimum absolute atomic E-state index is 0. The second kappa shape index (κ2) is 16.3. The molecule has 9 rings (SSSR count). The largest absolute Gasteiger partial charge is 0.333 e. The monoisotopic (exact) mass is 936 g/mol. The molecule has 1 aliphatic rings. The van der Waals surface area contributed by atoms with Crippen LogP contribution >= 0.6 is 0 Å². The number of rotatable bonds is 7. The number of benzene rings is 6. The number of aromatic nitrogens is 3. The fraction of sp³-hybridized carbons (Fsp3) is 0.192. The SMILES string of the molecule is CC(C)c1cc(-c2[c-]cccc2)ncc1[Si](C)(C)C.CCC1(C)c2c[c-]c(-c3nc4ccccc4n3-c3ccc(-c4ccccc4)cc3)cc2-c2ccccc21.[Ir]. The summed E-state index contributed by atoms with van der Waals surface area (Å²) in [6.45, 7) is 16.3. The fourth-order valence-corrected chi connectivity index (χ4v) is 9.88. The number of imidazole rings is 1. The number of para-hydroxylation sites is 2. The van der Waals surface area contributed by atoms with E-state index in [9.17, 15) is 0 Å². The molecule has 0 amide bonds. The van der Waals surface area contributed by atoms with Crippen LogP contribution in [0.4, 0.5) is 0 Å². The van der Waals surface area contributed by atoms with Crippen LogP contribution in [0.25, 0.3) is 61.6 Å². The first-order valence-corrected chi connectivity index (χ1v) is 23.3. The summed E-state index contributed by atoms with van der Waals surface area (Å²) in [5, 5.41) is 1.47. The fourth-order valence-electron chi connectivity index (χ4n) is 8.20. The molecule has 0 aliphatic heterocycles. The number of pyridine rings is 1. The van der Waals surface area contributed by atoms with Crippen LogP contribution in [0.5, 0.6) is 0 Å². The first-order chi connectivity index (χ1) is 27.1. The van der Waals surface area contributed by atoms with Crippen LogP contribution in [0, 0.1) is 12.1 Å². The van der Waals surface area contributed by atoms with Gasteiger partial charge in [-0.05, 0) is 68.7 Å². The van der Waals surface area contributed by atoms with Crippen molar-refractivity contribution in [3.63, 3.8) is 0 Å². The van der Waals surface area contributed by atoms with Gasteiger partial charge in [0.2, 0.25) is 0 Å². The van der Waals surface area contributed by atoms with E-state index in [4.69, 9.17) is 4.98 Å². The second-order valence-electron chi connectivity index (χ2n) is 16.4. The van der Waals surface area contributed by atoms with Crippen molar-refractivity contribution in [3.05, 3.63) is 181 Å². The van der Waals surface area contributed by atoms with Crippen molar-refractivity contribution < 1.29 is 20.1 Å². The van der Waals surface area contributed by atoms with Crippen LogP contribution in [0.2, 0.25) is 19.6 Å². The van der Waals surface area contributed by atoms with E-state index in [0.717, 1.165) is 45.8 Å². The molecule has 287 valence electrons. The number of fused-ring (bicyclic) bond motifs is 4. The van der Waals surface area contributed by atoms with Crippen LogP contribution in [-0.4, -0.2) is 22.6 Å². The molecule has 1 unspecified atom stereocenters. The maximum atomic E-state index is 5.11. The van der Waals surface area contributed by atoms with Crippen LogP contribution < -0.4 is 5.19 Å². The number of hydrogen-bond donors (Lipinski definition) is 0. The van der Waals surface area contributed by atoms with Crippen molar-refractivity contribution in [2.24, 2.45) is 0 Å². The molecular formula is C52H49IrN3Si-2. The molecule has 2 heterocycles. The normalized spacial score (nSPS) is 14.4. The quantitative estimate of drug-likeness (QED) is 0.118. The first-order valence-electron chi connectivity index (χ1n) is 19.8. The van der Waals surface area contributed by atoms with Crippen LogP contribution in [0.15, 0.2) is 152 Å². The Morgan fingerprint density at radius 1 is 0.702 bits per heavy atom. The maximum Gasteiger partial charge on any atom is 0.0799 e. The Balaban J connectivity index is 0.000000211. The Labute approximate surface area is 353 Å². The molecule has 0 fully saturated rings. The molecule has 6 aromatic carbocycles. The van der Waals surface area contributed by atoms with Crippen molar-refractivity contribution in [3.8, 4) is 50.6 Å². The summed E-state index contributed by atoms with van der Waals surface area (Å²) in [4.78, 5) is 9.77. The van der Waals surface area contributed by atoms with Gasteiger partial charge in [0, 0.05) is 32.0 Å². The van der Waals surface area contributed by atoms with Gasteiger partial charge in [0.15, 0.2) is 0 Å². The van der Waals surface area contributed by atoms with Crippen molar-refractivity contribution >= 4 is 24.3 Å². The second-order valence-corrected chi connectivity index (χ2v) is 21.5. The molecule has 8 aromatic rings. The molecule has 0 saturated carbocycles. The molecule has 1 radical (unpaired) electrons. The molecule has 1 aliphatic carbocycles. The third-order valence-corrected chi connectivity index (χ3v) is 13.5. The molecule has 2 aromatic heterocycles. The van der Waals surface area contributed by atoms with E-state index in [2.05, 4.69) is 203 Å². The minimum atomic E-state index is -1.34. The van der Waals surface area contributed by atoms with Gasteiger partial charge in [0.25, 0.3) is 0 Å². The molecule has 3 nitrogen and oxygen atoms in total. The predicted molar refractivity (Wildman–Crippen MR) is 239 cm³/mol. The zero-order valence-electron chi connectivity index (χ0n) is 33.9. The van der Waals surface area contributed by atoms with Gasteiger partial charge in [-0.15, -0.1) is 65.2 Å². The Kier molecular flexibility index (Phi) is 11.5. The summed E-state index contributed by atoms with van der Waals surface area (Å²) < 4.78 is 2.27. The van der Waals surface area contributed by atoms with Gasteiger partial charge in [0.1, 0.15) is 0 Å². The predicted octanol–water partition coefficient (Wildman–Crippen LogP) is 13.1. The van der Waals surface area contributed by atoms with Crippen molar-refractivity contribution in [1.82, 2.24) is 14.5 Å². The standard InChI is InChI=1S/C35H27N2.C17H22NSi.Ir/c1-3-35(2)30-14-8-7-13-28(30)29-23-26(19-22-31(29)35)34-36-32-15-9-10-16-33(32)37(34)27-20-17-25(18-21-27)24-11-5-4-6-12-24;1-13(2)15-11-16(14-9-7-6-8-10-14)18-12-17(15)19(3,4)5;/h4-18,20-23H,3H2,1-2H3;6-9,11-13H,1-5H3;/q2*-1;. The molecule has 0 saturated heterocycles. The maximum absolute atomic E-state index is 5.11. The van der Waals surface area contributed by atoms with E-state index in [-0.39, 0.29) is 25.5 Å². The Hall–Kier alpha value is -5.19. The van der Waals surface area contributed by atoms with Crippen molar-refractivity contribution in [2.75, 3.05) is 0 Å². The summed E-state index contributed by atoms with van der Waals surface area (Å²) in [6, 6.07) is 58.2. The van der Waals surface area contributed by atoms with E-state index in [1.54, 1.807) is 0 Å². The summed E-state index contributed by atoms with van der Waals surface area (Å²) in [5.74, 6) is 1.45. The molecule has 0 N–H and O–H groups in total. The minimum Gasteiger partial charge on any atom is -0.333 e. The van der Waals surface area contributed by atoms with Gasteiger partial charge in [-0.1, -0.05) is 150 Å². The zero-order valence-corrected chi connectivity index (χ0v) is 37.3. The van der Waals surface area contributed by atoms with Crippen LogP contribution in [0.3, 0.4) is 0 Å². The van der Waals surface area contributed by atoms with E-state index in [1.807, 2.05) is 18.2 Å². The van der Waals surface area contributed by atoms with Gasteiger partial charge in [-0.3, -0.25) is 4.98 Å². The van der Waals surface area contributed by atoms with Gasteiger partial charge in [0.05, 0.1) is 24.9 Å². The summed E-state index contributed by atoms with van der Waals surface area (Å²) >= 11 is 0. The Bertz CT molecular complexity index is 2640. The molecular weight excluding hydrogens is 887 g/mol. The summed E-state index contributed by atoms with van der Waals surface area (Å²) in [5.41, 5.74) is 15.6. The van der Waals surface area contributed by atoms with E-state index in [1.165, 1.54) is 44.1 Å².